The van der Waals surface area contributed by atoms with E-state index in [4.69, 9.17) is 11.6 Å². The van der Waals surface area contributed by atoms with Crippen LogP contribution in [0.5, 0.6) is 0 Å². The highest BCUT2D eigenvalue weighted by Crippen LogP contribution is 2.28. The third-order valence-corrected chi connectivity index (χ3v) is 5.49. The summed E-state index contributed by atoms with van der Waals surface area (Å²) in [6.45, 7) is 3.47. The minimum absolute atomic E-state index is 0.118. The average molecular weight is 362 g/mol. The Morgan fingerprint density at radius 2 is 2.14 bits per heavy atom. The lowest BCUT2D eigenvalue weighted by Crippen LogP contribution is -2.27. The fraction of sp³-hybridized carbons (Fsp3) is 0.250. The second-order valence-electron chi connectivity index (χ2n) is 4.50. The maximum Gasteiger partial charge on any atom is 0.289 e. The van der Waals surface area contributed by atoms with Gasteiger partial charge in [0.15, 0.2) is 0 Å². The number of benzene rings is 1. The molecular formula is C12H12ClN3O4S2. The number of sulfonamides is 1. The molecular weight excluding hydrogens is 350 g/mol. The van der Waals surface area contributed by atoms with Crippen LogP contribution < -0.4 is 4.72 Å². The number of hydrogen-bond acceptors (Lipinski definition) is 6. The highest BCUT2D eigenvalue weighted by Gasteiger charge is 2.23. The summed E-state index contributed by atoms with van der Waals surface area (Å²) in [6, 6.07) is 2.79. The van der Waals surface area contributed by atoms with E-state index < -0.39 is 26.7 Å². The van der Waals surface area contributed by atoms with Crippen LogP contribution >= 0.6 is 22.9 Å². The van der Waals surface area contributed by atoms with Crippen LogP contribution in [0.1, 0.15) is 23.7 Å². The van der Waals surface area contributed by atoms with Gasteiger partial charge in [-0.1, -0.05) is 11.6 Å². The predicted octanol–water partition coefficient (Wildman–Crippen LogP) is 3.05. The average Bonchev–Trinajstić information content (AvgIpc) is 2.85. The Bertz CT molecular complexity index is 820. The molecule has 118 valence electrons. The molecule has 10 heteroatoms. The zero-order valence-corrected chi connectivity index (χ0v) is 14.0. The molecule has 0 aliphatic carbocycles. The van der Waals surface area contributed by atoms with E-state index >= 15 is 0 Å². The number of rotatable bonds is 5. The fourth-order valence-electron chi connectivity index (χ4n) is 1.74. The molecule has 1 heterocycles. The van der Waals surface area contributed by atoms with Crippen LogP contribution in [0.15, 0.2) is 28.5 Å². The van der Waals surface area contributed by atoms with Gasteiger partial charge in [-0.3, -0.25) is 10.1 Å². The third-order valence-electron chi connectivity index (χ3n) is 2.84. The summed E-state index contributed by atoms with van der Waals surface area (Å²) in [5.74, 6) is 0. The smallest absolute Gasteiger partial charge is 0.258 e. The Labute approximate surface area is 136 Å². The normalized spacial score (nSPS) is 13.0. The number of aromatic nitrogens is 1. The Morgan fingerprint density at radius 1 is 1.45 bits per heavy atom. The van der Waals surface area contributed by atoms with Gasteiger partial charge in [-0.25, -0.2) is 18.1 Å². The Morgan fingerprint density at radius 3 is 2.68 bits per heavy atom. The van der Waals surface area contributed by atoms with Crippen molar-refractivity contribution in [3.63, 3.8) is 0 Å². The summed E-state index contributed by atoms with van der Waals surface area (Å²) >= 11 is 7.09. The van der Waals surface area contributed by atoms with Crippen LogP contribution in [0.3, 0.4) is 0 Å². The highest BCUT2D eigenvalue weighted by atomic mass is 35.5. The second kappa shape index (κ2) is 6.29. The van der Waals surface area contributed by atoms with Gasteiger partial charge in [0.05, 0.1) is 26.6 Å². The van der Waals surface area contributed by atoms with E-state index in [9.17, 15) is 18.5 Å². The predicted molar refractivity (Wildman–Crippen MR) is 83.7 cm³/mol. The molecule has 0 radical (unpaired) electrons. The topological polar surface area (TPSA) is 102 Å². The molecule has 1 N–H and O–H groups in total. The molecule has 7 nitrogen and oxygen atoms in total. The Hall–Kier alpha value is -1.55. The monoisotopic (exact) mass is 361 g/mol. The van der Waals surface area contributed by atoms with Crippen LogP contribution in [0.25, 0.3) is 0 Å². The molecule has 0 bridgehead atoms. The van der Waals surface area contributed by atoms with Crippen molar-refractivity contribution >= 4 is 38.6 Å². The van der Waals surface area contributed by atoms with Gasteiger partial charge < -0.3 is 0 Å². The zero-order chi connectivity index (χ0) is 16.5. The molecule has 0 amide bonds. The molecule has 0 aliphatic rings. The summed E-state index contributed by atoms with van der Waals surface area (Å²) in [4.78, 5) is 14.1. The first-order chi connectivity index (χ1) is 10.2. The zero-order valence-electron chi connectivity index (χ0n) is 11.6. The number of nitro benzene ring substituents is 1. The summed E-state index contributed by atoms with van der Waals surface area (Å²) < 4.78 is 27.1. The number of halogens is 1. The van der Waals surface area contributed by atoms with Crippen LogP contribution in [0, 0.1) is 17.0 Å². The largest absolute Gasteiger partial charge is 0.289 e. The van der Waals surface area contributed by atoms with Gasteiger partial charge in [0.25, 0.3) is 5.69 Å². The van der Waals surface area contributed by atoms with E-state index in [0.717, 1.165) is 11.1 Å². The van der Waals surface area contributed by atoms with Crippen molar-refractivity contribution in [2.45, 2.75) is 24.8 Å². The number of nitrogens with one attached hydrogen (secondary N) is 1. The Kier molecular flexibility index (Phi) is 4.81. The van der Waals surface area contributed by atoms with Crippen molar-refractivity contribution in [2.75, 3.05) is 0 Å². The van der Waals surface area contributed by atoms with Crippen molar-refractivity contribution in [1.82, 2.24) is 9.71 Å². The molecule has 1 aromatic carbocycles. The van der Waals surface area contributed by atoms with Gasteiger partial charge in [-0.2, -0.15) is 0 Å². The second-order valence-corrected chi connectivity index (χ2v) is 7.69. The van der Waals surface area contributed by atoms with Crippen LogP contribution in [-0.4, -0.2) is 18.3 Å². The molecule has 1 atom stereocenters. The maximum absolute atomic E-state index is 12.3. The molecule has 22 heavy (non-hydrogen) atoms. The first kappa shape index (κ1) is 16.8. The van der Waals surface area contributed by atoms with Gasteiger partial charge in [-0.05, 0) is 26.0 Å². The van der Waals surface area contributed by atoms with Crippen LogP contribution in [0.4, 0.5) is 5.69 Å². The van der Waals surface area contributed by atoms with E-state index in [2.05, 4.69) is 9.71 Å². The SMILES string of the molecule is Cc1nc(C(C)NS(=O)(=O)c2ccc(Cl)c([N+](=O)[O-])c2)cs1. The number of nitrogens with zero attached hydrogens (tertiary/aromatic N) is 2. The number of hydrogen-bond donors (Lipinski definition) is 1. The van der Waals surface area contributed by atoms with Crippen molar-refractivity contribution in [3.8, 4) is 0 Å². The lowest BCUT2D eigenvalue weighted by molar-refractivity contribution is -0.384. The molecule has 0 saturated heterocycles. The molecule has 0 spiro atoms. The molecule has 0 saturated carbocycles. The number of thiazole rings is 1. The molecule has 1 aromatic heterocycles. The van der Waals surface area contributed by atoms with E-state index in [1.54, 1.807) is 12.3 Å². The van der Waals surface area contributed by atoms with Gasteiger partial charge in [-0.15, -0.1) is 11.3 Å². The van der Waals surface area contributed by atoms with E-state index in [-0.39, 0.29) is 9.92 Å². The maximum atomic E-state index is 12.3. The van der Waals surface area contributed by atoms with E-state index in [1.807, 2.05) is 6.92 Å². The van der Waals surface area contributed by atoms with Crippen molar-refractivity contribution in [3.05, 3.63) is 49.4 Å². The van der Waals surface area contributed by atoms with E-state index in [1.165, 1.54) is 23.5 Å². The van der Waals surface area contributed by atoms with Gasteiger partial charge in [0.1, 0.15) is 5.02 Å². The lowest BCUT2D eigenvalue weighted by Gasteiger charge is -2.12. The van der Waals surface area contributed by atoms with Crippen molar-refractivity contribution in [1.29, 1.82) is 0 Å². The van der Waals surface area contributed by atoms with Gasteiger partial charge in [0, 0.05) is 11.4 Å². The molecule has 0 aliphatic heterocycles. The lowest BCUT2D eigenvalue weighted by atomic mass is 10.3. The fourth-order valence-corrected chi connectivity index (χ4v) is 3.87. The minimum atomic E-state index is -3.92. The molecule has 2 aromatic rings. The highest BCUT2D eigenvalue weighted by molar-refractivity contribution is 7.89. The first-order valence-electron chi connectivity index (χ1n) is 6.09. The third kappa shape index (κ3) is 3.61. The minimum Gasteiger partial charge on any atom is -0.258 e. The van der Waals surface area contributed by atoms with Gasteiger partial charge >= 0.3 is 0 Å². The Balaban J connectivity index is 2.31. The van der Waals surface area contributed by atoms with Crippen molar-refractivity contribution < 1.29 is 13.3 Å². The van der Waals surface area contributed by atoms with Crippen molar-refractivity contribution in [2.24, 2.45) is 0 Å². The summed E-state index contributed by atoms with van der Waals surface area (Å²) in [5, 5.41) is 13.3. The standard InChI is InChI=1S/C12H12ClN3O4S2/c1-7(11-6-21-8(2)14-11)15-22(19,20)9-3-4-10(13)12(5-9)16(17)18/h3-7,15H,1-2H3. The summed E-state index contributed by atoms with van der Waals surface area (Å²) in [7, 11) is -3.92. The number of nitro groups is 1. The van der Waals surface area contributed by atoms with Crippen LogP contribution in [0.2, 0.25) is 5.02 Å². The molecule has 0 fully saturated rings. The summed E-state index contributed by atoms with van der Waals surface area (Å²) in [6.07, 6.45) is 0. The van der Waals surface area contributed by atoms with Crippen LogP contribution in [-0.2, 0) is 10.0 Å². The first-order valence-corrected chi connectivity index (χ1v) is 8.83. The quantitative estimate of drug-likeness (QED) is 0.651. The van der Waals surface area contributed by atoms with Gasteiger partial charge in [0.2, 0.25) is 10.0 Å². The summed E-state index contributed by atoms with van der Waals surface area (Å²) in [5.41, 5.74) is 0.135. The van der Waals surface area contributed by atoms with E-state index in [0.29, 0.717) is 5.69 Å². The number of aryl methyl sites for hydroxylation is 1. The molecule has 1 unspecified atom stereocenters. The molecule has 2 rings (SSSR count).